The molecule has 2 heterocycles. The molecule has 2 amide bonds. The summed E-state index contributed by atoms with van der Waals surface area (Å²) < 4.78 is 0. The number of rotatable bonds is 16. The maximum absolute atomic E-state index is 13.2. The highest BCUT2D eigenvalue weighted by Gasteiger charge is 2.14. The van der Waals surface area contributed by atoms with Gasteiger partial charge in [0.15, 0.2) is 0 Å². The van der Waals surface area contributed by atoms with E-state index in [1.165, 1.54) is 0 Å². The van der Waals surface area contributed by atoms with Crippen molar-refractivity contribution in [2.75, 3.05) is 73.0 Å². The minimum Gasteiger partial charge on any atom is -0.395 e. The summed E-state index contributed by atoms with van der Waals surface area (Å²) in [6.07, 6.45) is 0. The van der Waals surface area contributed by atoms with E-state index in [-0.39, 0.29) is 38.2 Å². The number of aliphatic hydroxyl groups excluding tert-OH is 4. The number of anilines is 4. The fourth-order valence-electron chi connectivity index (χ4n) is 6.49. The minimum absolute atomic E-state index is 0.0157. The third kappa shape index (κ3) is 8.53. The first kappa shape index (κ1) is 37.7. The molecule has 0 atom stereocenters. The van der Waals surface area contributed by atoms with E-state index >= 15 is 0 Å². The first-order valence-electron chi connectivity index (χ1n) is 18.2. The summed E-state index contributed by atoms with van der Waals surface area (Å²) in [5.41, 5.74) is 8.28. The summed E-state index contributed by atoms with van der Waals surface area (Å²) in [5, 5.41) is 43.2. The average molecular weight is 755 g/mol. The van der Waals surface area contributed by atoms with Gasteiger partial charge in [0, 0.05) is 71.2 Å². The van der Waals surface area contributed by atoms with Crippen molar-refractivity contribution in [3.63, 3.8) is 0 Å². The molecule has 0 saturated heterocycles. The van der Waals surface area contributed by atoms with Gasteiger partial charge in [-0.2, -0.15) is 0 Å². The number of imidazole rings is 2. The van der Waals surface area contributed by atoms with E-state index in [2.05, 4.69) is 20.6 Å². The molecule has 14 nitrogen and oxygen atoms in total. The minimum atomic E-state index is -0.307. The number of nitrogens with zero attached hydrogens (tertiary/aromatic N) is 4. The van der Waals surface area contributed by atoms with Crippen molar-refractivity contribution in [1.82, 2.24) is 19.9 Å². The van der Waals surface area contributed by atoms with E-state index in [9.17, 15) is 30.0 Å². The van der Waals surface area contributed by atoms with Crippen molar-refractivity contribution in [2.45, 2.75) is 0 Å². The van der Waals surface area contributed by atoms with Gasteiger partial charge < -0.3 is 50.8 Å². The van der Waals surface area contributed by atoms with E-state index < -0.39 is 0 Å². The molecule has 5 aromatic carbocycles. The summed E-state index contributed by atoms with van der Waals surface area (Å²) in [6, 6.07) is 32.7. The Morgan fingerprint density at radius 3 is 1.20 bits per heavy atom. The zero-order valence-electron chi connectivity index (χ0n) is 30.4. The van der Waals surface area contributed by atoms with Crippen LogP contribution in [0.5, 0.6) is 0 Å². The molecule has 14 heteroatoms. The number of aromatic nitrogens is 4. The summed E-state index contributed by atoms with van der Waals surface area (Å²) in [4.78, 5) is 46.2. The second-order valence-corrected chi connectivity index (χ2v) is 13.1. The van der Waals surface area contributed by atoms with Crippen molar-refractivity contribution < 1.29 is 30.0 Å². The van der Waals surface area contributed by atoms with Crippen LogP contribution in [0.1, 0.15) is 20.7 Å². The molecule has 0 bridgehead atoms. The number of hydrogen-bond donors (Lipinski definition) is 8. The third-order valence-corrected chi connectivity index (χ3v) is 9.38. The standard InChI is InChI=1S/C42H42N8O6/c51-21-17-49(18-22-52)33-11-1-27(2-12-33)39-45-35-15-5-29(25-37(35)47-39)41(55)43-31-7-9-32(10-8-31)44-42(56)30-6-16-36-38(26-30)48-40(46-36)28-3-13-34(14-4-28)50(19-23-53)20-24-54/h1-16,25-26,51-54H,17-24H2,(H,43,55)(H,44,56)(H,45,47)(H,46,48). The van der Waals surface area contributed by atoms with E-state index in [4.69, 9.17) is 9.97 Å². The SMILES string of the molecule is O=C(Nc1ccc(NC(=O)c2ccc3[nH]c(-c4ccc(N(CCO)CCO)cc4)nc3c2)cc1)c1ccc2[nH]c(-c3ccc(N(CCO)CCO)cc3)nc2c1. The Hall–Kier alpha value is -6.58. The Bertz CT molecular complexity index is 2250. The molecule has 0 aliphatic rings. The number of carbonyl (C=O) groups excluding carboxylic acids is 2. The molecular weight excluding hydrogens is 713 g/mol. The van der Waals surface area contributed by atoms with Gasteiger partial charge in [-0.25, -0.2) is 9.97 Å². The van der Waals surface area contributed by atoms with Crippen LogP contribution in [-0.4, -0.2) is 105 Å². The lowest BCUT2D eigenvalue weighted by atomic mass is 10.1. The van der Waals surface area contributed by atoms with Gasteiger partial charge in [-0.05, 0) is 109 Å². The molecule has 7 aromatic rings. The lowest BCUT2D eigenvalue weighted by molar-refractivity contribution is 0.101. The third-order valence-electron chi connectivity index (χ3n) is 9.38. The number of hydrogen-bond acceptors (Lipinski definition) is 10. The maximum atomic E-state index is 13.2. The largest absolute Gasteiger partial charge is 0.395 e. The van der Waals surface area contributed by atoms with Crippen molar-refractivity contribution >= 4 is 56.6 Å². The van der Waals surface area contributed by atoms with Crippen LogP contribution in [-0.2, 0) is 0 Å². The topological polar surface area (TPSA) is 203 Å². The van der Waals surface area contributed by atoms with Gasteiger partial charge in [0.25, 0.3) is 11.8 Å². The van der Waals surface area contributed by atoms with Crippen molar-refractivity contribution in [3.05, 3.63) is 120 Å². The van der Waals surface area contributed by atoms with Crippen LogP contribution in [0.4, 0.5) is 22.7 Å². The van der Waals surface area contributed by atoms with Crippen LogP contribution >= 0.6 is 0 Å². The molecule has 2 aromatic heterocycles. The Morgan fingerprint density at radius 2 is 0.857 bits per heavy atom. The van der Waals surface area contributed by atoms with Crippen LogP contribution in [0.2, 0.25) is 0 Å². The molecule has 0 unspecified atom stereocenters. The molecule has 0 aliphatic heterocycles. The molecule has 286 valence electrons. The van der Waals surface area contributed by atoms with E-state index in [0.29, 0.717) is 71.4 Å². The number of aromatic amines is 2. The molecule has 0 spiro atoms. The number of benzene rings is 5. The first-order valence-corrected chi connectivity index (χ1v) is 18.2. The fraction of sp³-hybridized carbons (Fsp3) is 0.190. The second kappa shape index (κ2) is 17.3. The molecule has 7 rings (SSSR count). The second-order valence-electron chi connectivity index (χ2n) is 13.1. The maximum Gasteiger partial charge on any atom is 0.255 e. The van der Waals surface area contributed by atoms with E-state index in [0.717, 1.165) is 33.5 Å². The monoisotopic (exact) mass is 754 g/mol. The van der Waals surface area contributed by atoms with Gasteiger partial charge in [0.2, 0.25) is 0 Å². The van der Waals surface area contributed by atoms with E-state index in [1.54, 1.807) is 48.5 Å². The number of amides is 2. The van der Waals surface area contributed by atoms with Crippen molar-refractivity contribution in [3.8, 4) is 22.8 Å². The molecule has 56 heavy (non-hydrogen) atoms. The predicted octanol–water partition coefficient (Wildman–Crippen LogP) is 4.86. The van der Waals surface area contributed by atoms with Crippen LogP contribution in [0, 0.1) is 0 Å². The van der Waals surface area contributed by atoms with E-state index in [1.807, 2.05) is 70.5 Å². The molecule has 0 radical (unpaired) electrons. The molecule has 0 aliphatic carbocycles. The Labute approximate surface area is 322 Å². The summed E-state index contributed by atoms with van der Waals surface area (Å²) in [6.45, 7) is 1.61. The highest BCUT2D eigenvalue weighted by Crippen LogP contribution is 2.27. The van der Waals surface area contributed by atoms with Crippen molar-refractivity contribution in [2.24, 2.45) is 0 Å². The molecule has 0 fully saturated rings. The van der Waals surface area contributed by atoms with Gasteiger partial charge in [0.05, 0.1) is 48.5 Å². The summed E-state index contributed by atoms with van der Waals surface area (Å²) in [5.74, 6) is 0.685. The van der Waals surface area contributed by atoms with Crippen LogP contribution in [0.25, 0.3) is 44.8 Å². The molecule has 8 N–H and O–H groups in total. The highest BCUT2D eigenvalue weighted by atomic mass is 16.3. The zero-order valence-corrected chi connectivity index (χ0v) is 30.4. The van der Waals surface area contributed by atoms with Gasteiger partial charge in [-0.15, -0.1) is 0 Å². The van der Waals surface area contributed by atoms with Crippen molar-refractivity contribution in [1.29, 1.82) is 0 Å². The highest BCUT2D eigenvalue weighted by molar-refractivity contribution is 6.07. The number of carbonyl (C=O) groups is 2. The van der Waals surface area contributed by atoms with Crippen LogP contribution < -0.4 is 20.4 Å². The first-order chi connectivity index (χ1) is 27.3. The molecular formula is C42H42N8O6. The number of nitrogens with one attached hydrogen (secondary N) is 4. The Kier molecular flexibility index (Phi) is 11.6. The summed E-state index contributed by atoms with van der Waals surface area (Å²) >= 11 is 0. The Balaban J connectivity index is 0.965. The number of H-pyrrole nitrogens is 2. The lowest BCUT2D eigenvalue weighted by Gasteiger charge is -2.22. The van der Waals surface area contributed by atoms with Crippen LogP contribution in [0.3, 0.4) is 0 Å². The summed E-state index contributed by atoms with van der Waals surface area (Å²) in [7, 11) is 0. The smallest absolute Gasteiger partial charge is 0.255 e. The lowest BCUT2D eigenvalue weighted by Crippen LogP contribution is -2.29. The quantitative estimate of drug-likeness (QED) is 0.0674. The van der Waals surface area contributed by atoms with Gasteiger partial charge in [-0.3, -0.25) is 9.59 Å². The zero-order chi connectivity index (χ0) is 39.0. The van der Waals surface area contributed by atoms with Gasteiger partial charge in [-0.1, -0.05) is 0 Å². The predicted molar refractivity (Wildman–Crippen MR) is 218 cm³/mol. The van der Waals surface area contributed by atoms with Gasteiger partial charge in [0.1, 0.15) is 11.6 Å². The van der Waals surface area contributed by atoms with Gasteiger partial charge >= 0.3 is 0 Å². The molecule has 0 saturated carbocycles. The fourth-order valence-corrected chi connectivity index (χ4v) is 6.49. The normalized spacial score (nSPS) is 11.2. The Morgan fingerprint density at radius 1 is 0.500 bits per heavy atom. The van der Waals surface area contributed by atoms with Crippen LogP contribution in [0.15, 0.2) is 109 Å². The average Bonchev–Trinajstić information content (AvgIpc) is 3.86. The number of fused-ring (bicyclic) bond motifs is 2. The number of aliphatic hydroxyl groups is 4.